The van der Waals surface area contributed by atoms with Crippen LogP contribution in [-0.4, -0.2) is 35.3 Å². The SMILES string of the molecule is CC(C)Oc1cc(NC(C)C2CCOC2)ncn1. The van der Waals surface area contributed by atoms with E-state index in [1.54, 1.807) is 0 Å². The molecule has 0 saturated carbocycles. The van der Waals surface area contributed by atoms with Crippen LogP contribution in [0.2, 0.25) is 0 Å². The Kier molecular flexibility index (Phi) is 4.36. The fraction of sp³-hybridized carbons (Fsp3) is 0.692. The summed E-state index contributed by atoms with van der Waals surface area (Å²) < 4.78 is 10.9. The number of aromatic nitrogens is 2. The Hall–Kier alpha value is -1.36. The molecule has 0 bridgehead atoms. The summed E-state index contributed by atoms with van der Waals surface area (Å²) >= 11 is 0. The van der Waals surface area contributed by atoms with Gasteiger partial charge >= 0.3 is 0 Å². The molecule has 18 heavy (non-hydrogen) atoms. The van der Waals surface area contributed by atoms with Gasteiger partial charge in [0.25, 0.3) is 0 Å². The summed E-state index contributed by atoms with van der Waals surface area (Å²) in [6.07, 6.45) is 2.75. The molecule has 2 atom stereocenters. The van der Waals surface area contributed by atoms with Crippen LogP contribution in [0.1, 0.15) is 27.2 Å². The number of rotatable bonds is 5. The zero-order valence-electron chi connectivity index (χ0n) is 11.2. The first-order valence-electron chi connectivity index (χ1n) is 6.48. The Bertz CT molecular complexity index is 378. The molecular formula is C13H21N3O2. The highest BCUT2D eigenvalue weighted by Gasteiger charge is 2.22. The molecule has 0 aliphatic carbocycles. The van der Waals surface area contributed by atoms with Crippen molar-refractivity contribution in [1.82, 2.24) is 9.97 Å². The van der Waals surface area contributed by atoms with E-state index in [1.165, 1.54) is 6.33 Å². The second-order valence-electron chi connectivity index (χ2n) is 4.96. The summed E-state index contributed by atoms with van der Waals surface area (Å²) in [5.41, 5.74) is 0. The smallest absolute Gasteiger partial charge is 0.218 e. The molecule has 1 fully saturated rings. The van der Waals surface area contributed by atoms with Crippen LogP contribution in [-0.2, 0) is 4.74 Å². The Labute approximate surface area is 108 Å². The summed E-state index contributed by atoms with van der Waals surface area (Å²) in [5, 5.41) is 3.39. The predicted octanol–water partition coefficient (Wildman–Crippen LogP) is 2.10. The Morgan fingerprint density at radius 2 is 2.22 bits per heavy atom. The molecule has 0 aromatic carbocycles. The van der Waals surface area contributed by atoms with E-state index in [0.717, 1.165) is 25.5 Å². The normalized spacial score (nSPS) is 21.0. The molecule has 2 rings (SSSR count). The highest BCUT2D eigenvalue weighted by Crippen LogP contribution is 2.20. The summed E-state index contributed by atoms with van der Waals surface area (Å²) in [4.78, 5) is 8.30. The maximum absolute atomic E-state index is 5.55. The van der Waals surface area contributed by atoms with Crippen LogP contribution in [0, 0.1) is 5.92 Å². The lowest BCUT2D eigenvalue weighted by molar-refractivity contribution is 0.183. The minimum absolute atomic E-state index is 0.119. The zero-order chi connectivity index (χ0) is 13.0. The molecule has 1 aliphatic rings. The van der Waals surface area contributed by atoms with Crippen LogP contribution in [0.25, 0.3) is 0 Å². The standard InChI is InChI=1S/C13H21N3O2/c1-9(2)18-13-6-12(14-8-15-13)16-10(3)11-4-5-17-7-11/h6,8-11H,4-5,7H2,1-3H3,(H,14,15,16). The average molecular weight is 251 g/mol. The molecule has 2 heterocycles. The van der Waals surface area contributed by atoms with Crippen molar-refractivity contribution in [3.8, 4) is 5.88 Å². The molecule has 2 unspecified atom stereocenters. The third-order valence-corrected chi connectivity index (χ3v) is 3.05. The van der Waals surface area contributed by atoms with Gasteiger partial charge in [-0.2, -0.15) is 0 Å². The summed E-state index contributed by atoms with van der Waals surface area (Å²) in [6.45, 7) is 7.81. The van der Waals surface area contributed by atoms with Crippen LogP contribution in [0.5, 0.6) is 5.88 Å². The summed E-state index contributed by atoms with van der Waals surface area (Å²) in [5.74, 6) is 1.96. The summed E-state index contributed by atoms with van der Waals surface area (Å²) in [6, 6.07) is 2.18. The lowest BCUT2D eigenvalue weighted by atomic mass is 10.0. The maximum Gasteiger partial charge on any atom is 0.218 e. The van der Waals surface area contributed by atoms with Crippen LogP contribution >= 0.6 is 0 Å². The van der Waals surface area contributed by atoms with Crippen LogP contribution < -0.4 is 10.1 Å². The van der Waals surface area contributed by atoms with E-state index < -0.39 is 0 Å². The van der Waals surface area contributed by atoms with E-state index in [2.05, 4.69) is 22.2 Å². The number of hydrogen-bond donors (Lipinski definition) is 1. The van der Waals surface area contributed by atoms with E-state index in [1.807, 2.05) is 19.9 Å². The van der Waals surface area contributed by atoms with Gasteiger partial charge in [0.05, 0.1) is 12.7 Å². The van der Waals surface area contributed by atoms with Crippen molar-refractivity contribution >= 4 is 5.82 Å². The van der Waals surface area contributed by atoms with Crippen LogP contribution in [0.4, 0.5) is 5.82 Å². The molecule has 1 N–H and O–H groups in total. The Morgan fingerprint density at radius 3 is 2.89 bits per heavy atom. The van der Waals surface area contributed by atoms with Gasteiger partial charge in [-0.05, 0) is 27.2 Å². The minimum atomic E-state index is 0.119. The maximum atomic E-state index is 5.55. The molecule has 5 nitrogen and oxygen atoms in total. The lowest BCUT2D eigenvalue weighted by Crippen LogP contribution is -2.26. The van der Waals surface area contributed by atoms with Gasteiger partial charge in [0.15, 0.2) is 0 Å². The van der Waals surface area contributed by atoms with Crippen molar-refractivity contribution in [3.63, 3.8) is 0 Å². The summed E-state index contributed by atoms with van der Waals surface area (Å²) in [7, 11) is 0. The third-order valence-electron chi connectivity index (χ3n) is 3.05. The number of ether oxygens (including phenoxy) is 2. The van der Waals surface area contributed by atoms with Gasteiger partial charge in [-0.25, -0.2) is 9.97 Å². The third kappa shape index (κ3) is 3.57. The van der Waals surface area contributed by atoms with Crippen molar-refractivity contribution in [2.24, 2.45) is 5.92 Å². The van der Waals surface area contributed by atoms with E-state index in [0.29, 0.717) is 17.8 Å². The number of anilines is 1. The Balaban J connectivity index is 1.95. The van der Waals surface area contributed by atoms with Crippen molar-refractivity contribution in [2.45, 2.75) is 39.3 Å². The monoisotopic (exact) mass is 251 g/mol. The largest absolute Gasteiger partial charge is 0.475 e. The highest BCUT2D eigenvalue weighted by molar-refractivity contribution is 5.38. The van der Waals surface area contributed by atoms with Crippen molar-refractivity contribution in [1.29, 1.82) is 0 Å². The first-order valence-corrected chi connectivity index (χ1v) is 6.48. The van der Waals surface area contributed by atoms with Gasteiger partial charge in [-0.1, -0.05) is 0 Å². The van der Waals surface area contributed by atoms with E-state index in [9.17, 15) is 0 Å². The van der Waals surface area contributed by atoms with Crippen molar-refractivity contribution in [3.05, 3.63) is 12.4 Å². The van der Waals surface area contributed by atoms with Gasteiger partial charge in [0.1, 0.15) is 12.1 Å². The topological polar surface area (TPSA) is 56.3 Å². The molecule has 1 aromatic heterocycles. The number of hydrogen-bond acceptors (Lipinski definition) is 5. The first-order chi connectivity index (χ1) is 8.65. The fourth-order valence-corrected chi connectivity index (χ4v) is 2.02. The average Bonchev–Trinajstić information content (AvgIpc) is 2.81. The molecule has 1 saturated heterocycles. The van der Waals surface area contributed by atoms with Crippen LogP contribution in [0.3, 0.4) is 0 Å². The second-order valence-corrected chi connectivity index (χ2v) is 4.96. The van der Waals surface area contributed by atoms with E-state index in [4.69, 9.17) is 9.47 Å². The van der Waals surface area contributed by atoms with Crippen LogP contribution in [0.15, 0.2) is 12.4 Å². The first kappa shape index (κ1) is 13.1. The molecule has 0 radical (unpaired) electrons. The fourth-order valence-electron chi connectivity index (χ4n) is 2.02. The predicted molar refractivity (Wildman–Crippen MR) is 69.8 cm³/mol. The Morgan fingerprint density at radius 1 is 1.39 bits per heavy atom. The van der Waals surface area contributed by atoms with E-state index in [-0.39, 0.29) is 6.10 Å². The molecule has 100 valence electrons. The van der Waals surface area contributed by atoms with Gasteiger partial charge in [0.2, 0.25) is 5.88 Å². The van der Waals surface area contributed by atoms with Crippen molar-refractivity contribution < 1.29 is 9.47 Å². The minimum Gasteiger partial charge on any atom is -0.475 e. The van der Waals surface area contributed by atoms with Crippen molar-refractivity contribution in [2.75, 3.05) is 18.5 Å². The highest BCUT2D eigenvalue weighted by atomic mass is 16.5. The molecule has 0 amide bonds. The molecule has 1 aliphatic heterocycles. The number of nitrogens with one attached hydrogen (secondary N) is 1. The molecule has 1 aromatic rings. The second kappa shape index (κ2) is 6.00. The molecular weight excluding hydrogens is 230 g/mol. The molecule has 5 heteroatoms. The van der Waals surface area contributed by atoms with Gasteiger partial charge in [-0.15, -0.1) is 0 Å². The quantitative estimate of drug-likeness (QED) is 0.868. The zero-order valence-corrected chi connectivity index (χ0v) is 11.2. The number of nitrogens with zero attached hydrogens (tertiary/aromatic N) is 2. The molecule has 0 spiro atoms. The van der Waals surface area contributed by atoms with Gasteiger partial charge in [0, 0.05) is 24.6 Å². The lowest BCUT2D eigenvalue weighted by Gasteiger charge is -2.20. The van der Waals surface area contributed by atoms with Gasteiger partial charge in [-0.3, -0.25) is 0 Å². The van der Waals surface area contributed by atoms with Gasteiger partial charge < -0.3 is 14.8 Å². The van der Waals surface area contributed by atoms with E-state index >= 15 is 0 Å².